The number of likely N-dealkylation sites (tertiary alicyclic amines) is 1. The zero-order chi connectivity index (χ0) is 18.5. The third kappa shape index (κ3) is 4.45. The first kappa shape index (κ1) is 17.9. The van der Waals surface area contributed by atoms with Crippen LogP contribution in [0.5, 0.6) is 0 Å². The standard InChI is InChI=1S/C21H27N5O/c27-20(25-13-15-26(16-14-25)21-22-9-4-10-23-21)17-24-11-7-19(8-12-24)18-5-2-1-3-6-18/h1-6,9-10,19H,7-8,11-17H2. The predicted molar refractivity (Wildman–Crippen MR) is 106 cm³/mol. The number of nitrogens with zero attached hydrogens (tertiary/aromatic N) is 5. The van der Waals surface area contributed by atoms with E-state index in [0.29, 0.717) is 12.5 Å². The van der Waals surface area contributed by atoms with E-state index in [1.807, 2.05) is 11.0 Å². The van der Waals surface area contributed by atoms with Crippen LogP contribution in [-0.4, -0.2) is 71.5 Å². The molecule has 3 heterocycles. The number of carbonyl (C=O) groups excluding carboxylic acids is 1. The van der Waals surface area contributed by atoms with Crippen molar-refractivity contribution in [2.45, 2.75) is 18.8 Å². The molecule has 2 fully saturated rings. The maximum Gasteiger partial charge on any atom is 0.236 e. The number of piperidine rings is 1. The summed E-state index contributed by atoms with van der Waals surface area (Å²) in [6.45, 7) is 5.64. The number of piperazine rings is 1. The minimum atomic E-state index is 0.252. The lowest BCUT2D eigenvalue weighted by Gasteiger charge is -2.37. The van der Waals surface area contributed by atoms with Crippen LogP contribution in [0.2, 0.25) is 0 Å². The van der Waals surface area contributed by atoms with Crippen molar-refractivity contribution in [1.82, 2.24) is 19.8 Å². The predicted octanol–water partition coefficient (Wildman–Crippen LogP) is 2.00. The molecule has 6 heteroatoms. The molecule has 2 saturated heterocycles. The van der Waals surface area contributed by atoms with E-state index in [2.05, 4.69) is 50.1 Å². The van der Waals surface area contributed by atoms with Crippen LogP contribution in [-0.2, 0) is 4.79 Å². The Bertz CT molecular complexity index is 723. The van der Waals surface area contributed by atoms with Crippen molar-refractivity contribution in [2.24, 2.45) is 0 Å². The van der Waals surface area contributed by atoms with Crippen molar-refractivity contribution in [3.63, 3.8) is 0 Å². The van der Waals surface area contributed by atoms with E-state index < -0.39 is 0 Å². The van der Waals surface area contributed by atoms with Gasteiger partial charge >= 0.3 is 0 Å². The molecule has 0 radical (unpaired) electrons. The van der Waals surface area contributed by atoms with Gasteiger partial charge in [0.25, 0.3) is 0 Å². The normalized spacial score (nSPS) is 19.3. The van der Waals surface area contributed by atoms with Crippen LogP contribution in [0.3, 0.4) is 0 Å². The Hall–Kier alpha value is -2.47. The van der Waals surface area contributed by atoms with Crippen molar-refractivity contribution in [3.8, 4) is 0 Å². The highest BCUT2D eigenvalue weighted by atomic mass is 16.2. The summed E-state index contributed by atoms with van der Waals surface area (Å²) in [5, 5.41) is 0. The van der Waals surface area contributed by atoms with Gasteiger partial charge in [-0.25, -0.2) is 9.97 Å². The van der Waals surface area contributed by atoms with Gasteiger partial charge in [0.2, 0.25) is 11.9 Å². The summed E-state index contributed by atoms with van der Waals surface area (Å²) in [5.41, 5.74) is 1.43. The summed E-state index contributed by atoms with van der Waals surface area (Å²) >= 11 is 0. The molecule has 0 atom stereocenters. The summed E-state index contributed by atoms with van der Waals surface area (Å²) in [7, 11) is 0. The van der Waals surface area contributed by atoms with E-state index in [0.717, 1.165) is 58.1 Å². The maximum atomic E-state index is 12.7. The number of carbonyl (C=O) groups is 1. The van der Waals surface area contributed by atoms with Crippen molar-refractivity contribution in [1.29, 1.82) is 0 Å². The molecule has 0 unspecified atom stereocenters. The molecule has 0 bridgehead atoms. The molecule has 142 valence electrons. The van der Waals surface area contributed by atoms with Crippen LogP contribution in [0, 0.1) is 0 Å². The average Bonchev–Trinajstić information content (AvgIpc) is 2.76. The van der Waals surface area contributed by atoms with Crippen LogP contribution >= 0.6 is 0 Å². The molecule has 0 aliphatic carbocycles. The fourth-order valence-corrected chi connectivity index (χ4v) is 4.05. The fourth-order valence-electron chi connectivity index (χ4n) is 4.05. The van der Waals surface area contributed by atoms with Gasteiger partial charge < -0.3 is 9.80 Å². The third-order valence-corrected chi connectivity index (χ3v) is 5.68. The highest BCUT2D eigenvalue weighted by Crippen LogP contribution is 2.27. The second kappa shape index (κ2) is 8.48. The Morgan fingerprint density at radius 3 is 2.22 bits per heavy atom. The number of hydrogen-bond acceptors (Lipinski definition) is 5. The van der Waals surface area contributed by atoms with Crippen molar-refractivity contribution in [3.05, 3.63) is 54.4 Å². The van der Waals surface area contributed by atoms with Crippen LogP contribution in [0.25, 0.3) is 0 Å². The minimum absolute atomic E-state index is 0.252. The molecule has 2 aliphatic heterocycles. The van der Waals surface area contributed by atoms with E-state index in [4.69, 9.17) is 0 Å². The van der Waals surface area contributed by atoms with Gasteiger partial charge in [-0.3, -0.25) is 9.69 Å². The molecule has 0 saturated carbocycles. The van der Waals surface area contributed by atoms with Crippen LogP contribution in [0.4, 0.5) is 5.95 Å². The summed E-state index contributed by atoms with van der Waals surface area (Å²) in [5.74, 6) is 1.64. The topological polar surface area (TPSA) is 52.6 Å². The largest absolute Gasteiger partial charge is 0.338 e. The van der Waals surface area contributed by atoms with Gasteiger partial charge in [0.15, 0.2) is 0 Å². The average molecular weight is 365 g/mol. The Balaban J connectivity index is 1.22. The Kier molecular flexibility index (Phi) is 5.63. The number of rotatable bonds is 4. The minimum Gasteiger partial charge on any atom is -0.338 e. The molecule has 0 N–H and O–H groups in total. The zero-order valence-corrected chi connectivity index (χ0v) is 15.7. The molecule has 6 nitrogen and oxygen atoms in total. The first-order valence-electron chi connectivity index (χ1n) is 9.86. The molecule has 1 aromatic heterocycles. The van der Waals surface area contributed by atoms with Crippen LogP contribution < -0.4 is 4.90 Å². The number of anilines is 1. The molecule has 0 spiro atoms. The smallest absolute Gasteiger partial charge is 0.236 e. The fraction of sp³-hybridized carbons (Fsp3) is 0.476. The first-order valence-corrected chi connectivity index (χ1v) is 9.86. The molecule has 1 amide bonds. The molecular formula is C21H27N5O. The maximum absolute atomic E-state index is 12.7. The highest BCUT2D eigenvalue weighted by molar-refractivity contribution is 5.78. The molecule has 27 heavy (non-hydrogen) atoms. The SMILES string of the molecule is O=C(CN1CCC(c2ccccc2)CC1)N1CCN(c2ncccn2)CC1. The lowest BCUT2D eigenvalue weighted by molar-refractivity contribution is -0.133. The molecular weight excluding hydrogens is 338 g/mol. The monoisotopic (exact) mass is 365 g/mol. The molecule has 4 rings (SSSR count). The number of amides is 1. The second-order valence-electron chi connectivity index (χ2n) is 7.38. The molecule has 2 aliphatic rings. The molecule has 2 aromatic rings. The van der Waals surface area contributed by atoms with E-state index in [-0.39, 0.29) is 5.91 Å². The van der Waals surface area contributed by atoms with E-state index in [9.17, 15) is 4.79 Å². The highest BCUT2D eigenvalue weighted by Gasteiger charge is 2.26. The van der Waals surface area contributed by atoms with Crippen molar-refractivity contribution in [2.75, 3.05) is 50.7 Å². The lowest BCUT2D eigenvalue weighted by Crippen LogP contribution is -2.52. The van der Waals surface area contributed by atoms with Crippen LogP contribution in [0.1, 0.15) is 24.3 Å². The zero-order valence-electron chi connectivity index (χ0n) is 15.7. The van der Waals surface area contributed by atoms with Gasteiger partial charge in [-0.05, 0) is 43.5 Å². The Labute approximate surface area is 160 Å². The van der Waals surface area contributed by atoms with Gasteiger partial charge in [0.05, 0.1) is 6.54 Å². The van der Waals surface area contributed by atoms with Crippen molar-refractivity contribution < 1.29 is 4.79 Å². The Morgan fingerprint density at radius 2 is 1.56 bits per heavy atom. The van der Waals surface area contributed by atoms with Gasteiger partial charge in [-0.2, -0.15) is 0 Å². The van der Waals surface area contributed by atoms with Crippen molar-refractivity contribution >= 4 is 11.9 Å². The van der Waals surface area contributed by atoms with E-state index in [1.165, 1.54) is 5.56 Å². The quantitative estimate of drug-likeness (QED) is 0.830. The van der Waals surface area contributed by atoms with Crippen LogP contribution in [0.15, 0.2) is 48.8 Å². The molecule has 1 aromatic carbocycles. The first-order chi connectivity index (χ1) is 13.3. The third-order valence-electron chi connectivity index (χ3n) is 5.68. The van der Waals surface area contributed by atoms with Gasteiger partial charge in [-0.1, -0.05) is 30.3 Å². The summed E-state index contributed by atoms with van der Waals surface area (Å²) in [4.78, 5) is 27.7. The van der Waals surface area contributed by atoms with Gasteiger partial charge in [0, 0.05) is 38.6 Å². The summed E-state index contributed by atoms with van der Waals surface area (Å²) in [6.07, 6.45) is 5.80. The number of aromatic nitrogens is 2. The summed E-state index contributed by atoms with van der Waals surface area (Å²) in [6, 6.07) is 12.6. The Morgan fingerprint density at radius 1 is 0.889 bits per heavy atom. The summed E-state index contributed by atoms with van der Waals surface area (Å²) < 4.78 is 0. The van der Waals surface area contributed by atoms with E-state index >= 15 is 0 Å². The lowest BCUT2D eigenvalue weighted by atomic mass is 9.89. The van der Waals surface area contributed by atoms with Gasteiger partial charge in [0.1, 0.15) is 0 Å². The number of hydrogen-bond donors (Lipinski definition) is 0. The number of benzene rings is 1. The van der Waals surface area contributed by atoms with E-state index in [1.54, 1.807) is 12.4 Å². The van der Waals surface area contributed by atoms with Gasteiger partial charge in [-0.15, -0.1) is 0 Å². The second-order valence-corrected chi connectivity index (χ2v) is 7.38.